The molecule has 6 nitrogen and oxygen atoms in total. The van der Waals surface area contributed by atoms with Crippen LogP contribution >= 0.6 is 12.2 Å². The topological polar surface area (TPSA) is 71.2 Å². The van der Waals surface area contributed by atoms with Gasteiger partial charge in [0.15, 0.2) is 5.11 Å². The minimum Gasteiger partial charge on any atom is -0.497 e. The second-order valence-electron chi connectivity index (χ2n) is 6.32. The Labute approximate surface area is 173 Å². The quantitative estimate of drug-likeness (QED) is 0.395. The van der Waals surface area contributed by atoms with Crippen LogP contribution in [0.4, 0.5) is 11.4 Å². The van der Waals surface area contributed by atoms with Crippen LogP contribution < -0.4 is 20.1 Å². The van der Waals surface area contributed by atoms with Gasteiger partial charge in [0.25, 0.3) is 0 Å². The van der Waals surface area contributed by atoms with Gasteiger partial charge in [0, 0.05) is 11.4 Å². The fourth-order valence-electron chi connectivity index (χ4n) is 2.83. The molecule has 1 heterocycles. The summed E-state index contributed by atoms with van der Waals surface area (Å²) >= 11 is 5.36. The van der Waals surface area contributed by atoms with Crippen molar-refractivity contribution in [1.29, 1.82) is 0 Å². The van der Waals surface area contributed by atoms with Crippen LogP contribution in [0.1, 0.15) is 5.82 Å². The van der Waals surface area contributed by atoms with Crippen molar-refractivity contribution in [1.82, 2.24) is 9.97 Å². The maximum Gasteiger partial charge on any atom is 0.175 e. The number of anilines is 2. The van der Waals surface area contributed by atoms with E-state index >= 15 is 0 Å². The van der Waals surface area contributed by atoms with Gasteiger partial charge in [-0.05, 0) is 72.9 Å². The van der Waals surface area contributed by atoms with Crippen molar-refractivity contribution in [3.63, 3.8) is 0 Å². The van der Waals surface area contributed by atoms with Crippen LogP contribution in [-0.2, 0) is 6.61 Å². The smallest absolute Gasteiger partial charge is 0.175 e. The van der Waals surface area contributed by atoms with Crippen LogP contribution in [-0.4, -0.2) is 22.2 Å². The van der Waals surface area contributed by atoms with E-state index in [0.29, 0.717) is 11.7 Å². The molecule has 0 radical (unpaired) electrons. The molecule has 0 unspecified atom stereocenters. The summed E-state index contributed by atoms with van der Waals surface area (Å²) in [5.41, 5.74) is 3.69. The molecule has 0 aliphatic rings. The lowest BCUT2D eigenvalue weighted by Gasteiger charge is -2.11. The van der Waals surface area contributed by atoms with Crippen molar-refractivity contribution in [2.75, 3.05) is 17.7 Å². The maximum absolute atomic E-state index is 5.82. The molecular weight excluding hydrogens is 384 g/mol. The minimum atomic E-state index is 0.374. The third-order valence-corrected chi connectivity index (χ3v) is 4.48. The summed E-state index contributed by atoms with van der Waals surface area (Å²) in [4.78, 5) is 7.76. The van der Waals surface area contributed by atoms with Crippen molar-refractivity contribution in [3.8, 4) is 11.5 Å². The number of hydrogen-bond acceptors (Lipinski definition) is 4. The number of aromatic nitrogens is 2. The van der Waals surface area contributed by atoms with E-state index in [0.717, 1.165) is 39.7 Å². The lowest BCUT2D eigenvalue weighted by atomic mass is 10.3. The molecule has 0 aliphatic heterocycles. The number of imidazole rings is 1. The first-order valence-corrected chi connectivity index (χ1v) is 9.49. The number of rotatable bonds is 6. The number of H-pyrrole nitrogens is 1. The number of aromatic amines is 1. The molecule has 29 heavy (non-hydrogen) atoms. The zero-order chi connectivity index (χ0) is 20.1. The molecule has 3 N–H and O–H groups in total. The van der Waals surface area contributed by atoms with Crippen LogP contribution in [0.2, 0.25) is 0 Å². The van der Waals surface area contributed by atoms with Gasteiger partial charge in [-0.25, -0.2) is 4.98 Å². The van der Waals surface area contributed by atoms with Crippen LogP contribution in [0, 0.1) is 0 Å². The lowest BCUT2D eigenvalue weighted by Crippen LogP contribution is -2.18. The Balaban J connectivity index is 1.30. The standard InChI is InChI=1S/C22H20N4O2S/c1-27-17-10-6-15(7-11-17)23-22(29)24-16-8-12-18(13-9-16)28-14-21-25-19-4-2-3-5-20(19)26-21/h2-13H,14H2,1H3,(H,25,26)(H2,23,24,29). The van der Waals surface area contributed by atoms with E-state index < -0.39 is 0 Å². The molecule has 1 aromatic heterocycles. The molecule has 4 rings (SSSR count). The van der Waals surface area contributed by atoms with Crippen molar-refractivity contribution in [2.45, 2.75) is 6.61 Å². The molecule has 4 aromatic rings. The van der Waals surface area contributed by atoms with E-state index in [4.69, 9.17) is 21.7 Å². The Kier molecular flexibility index (Phi) is 5.58. The fraction of sp³-hybridized carbons (Fsp3) is 0.0909. The highest BCUT2D eigenvalue weighted by Gasteiger charge is 2.04. The second-order valence-corrected chi connectivity index (χ2v) is 6.73. The average molecular weight is 404 g/mol. The summed E-state index contributed by atoms with van der Waals surface area (Å²) in [6.45, 7) is 0.374. The van der Waals surface area contributed by atoms with E-state index in [-0.39, 0.29) is 0 Å². The number of ether oxygens (including phenoxy) is 2. The highest BCUT2D eigenvalue weighted by molar-refractivity contribution is 7.80. The van der Waals surface area contributed by atoms with Crippen molar-refractivity contribution in [3.05, 3.63) is 78.6 Å². The van der Waals surface area contributed by atoms with Crippen LogP contribution in [0.25, 0.3) is 11.0 Å². The largest absolute Gasteiger partial charge is 0.497 e. The number of para-hydroxylation sites is 2. The molecule has 146 valence electrons. The van der Waals surface area contributed by atoms with Crippen molar-refractivity contribution < 1.29 is 9.47 Å². The first-order chi connectivity index (χ1) is 14.2. The summed E-state index contributed by atoms with van der Waals surface area (Å²) in [5, 5.41) is 6.80. The summed E-state index contributed by atoms with van der Waals surface area (Å²) in [6, 6.07) is 23.1. The highest BCUT2D eigenvalue weighted by Crippen LogP contribution is 2.19. The average Bonchev–Trinajstić information content (AvgIpc) is 3.17. The third kappa shape index (κ3) is 4.83. The zero-order valence-corrected chi connectivity index (χ0v) is 16.6. The lowest BCUT2D eigenvalue weighted by molar-refractivity contribution is 0.297. The van der Waals surface area contributed by atoms with E-state index in [1.807, 2.05) is 72.8 Å². The Morgan fingerprint density at radius 2 is 1.52 bits per heavy atom. The molecule has 0 spiro atoms. The van der Waals surface area contributed by atoms with Crippen LogP contribution in [0.15, 0.2) is 72.8 Å². The van der Waals surface area contributed by atoms with Crippen molar-refractivity contribution >= 4 is 39.7 Å². The number of nitrogens with one attached hydrogen (secondary N) is 3. The van der Waals surface area contributed by atoms with Gasteiger partial charge in [0.2, 0.25) is 0 Å². The predicted molar refractivity (Wildman–Crippen MR) is 120 cm³/mol. The van der Waals surface area contributed by atoms with E-state index in [2.05, 4.69) is 20.6 Å². The van der Waals surface area contributed by atoms with E-state index in [1.54, 1.807) is 7.11 Å². The SMILES string of the molecule is COc1ccc(NC(=S)Nc2ccc(OCc3nc4ccccc4[nH]3)cc2)cc1. The van der Waals surface area contributed by atoms with Gasteiger partial charge in [0.05, 0.1) is 18.1 Å². The van der Waals surface area contributed by atoms with Gasteiger partial charge in [-0.2, -0.15) is 0 Å². The van der Waals surface area contributed by atoms with Gasteiger partial charge < -0.3 is 25.1 Å². The molecule has 0 aliphatic carbocycles. The van der Waals surface area contributed by atoms with E-state index in [9.17, 15) is 0 Å². The zero-order valence-electron chi connectivity index (χ0n) is 15.8. The molecule has 0 atom stereocenters. The summed E-state index contributed by atoms with van der Waals surface area (Å²) < 4.78 is 11.0. The molecule has 0 saturated heterocycles. The molecular formula is C22H20N4O2S. The van der Waals surface area contributed by atoms with Crippen LogP contribution in [0.5, 0.6) is 11.5 Å². The number of benzene rings is 3. The first-order valence-electron chi connectivity index (χ1n) is 9.08. The third-order valence-electron chi connectivity index (χ3n) is 4.27. The highest BCUT2D eigenvalue weighted by atomic mass is 32.1. The number of fused-ring (bicyclic) bond motifs is 1. The summed E-state index contributed by atoms with van der Waals surface area (Å²) in [5.74, 6) is 2.34. The van der Waals surface area contributed by atoms with E-state index in [1.165, 1.54) is 0 Å². The Morgan fingerprint density at radius 1 is 0.897 bits per heavy atom. The molecule has 0 bridgehead atoms. The number of methoxy groups -OCH3 is 1. The molecule has 3 aromatic carbocycles. The molecule has 7 heteroatoms. The van der Waals surface area contributed by atoms with Gasteiger partial charge in [-0.1, -0.05) is 12.1 Å². The van der Waals surface area contributed by atoms with Crippen molar-refractivity contribution in [2.24, 2.45) is 0 Å². The Hall–Kier alpha value is -3.58. The normalized spacial score (nSPS) is 10.5. The predicted octanol–water partition coefficient (Wildman–Crippen LogP) is 4.96. The monoisotopic (exact) mass is 404 g/mol. The molecule has 0 saturated carbocycles. The fourth-order valence-corrected chi connectivity index (χ4v) is 3.06. The molecule has 0 fully saturated rings. The second kappa shape index (κ2) is 8.62. The number of thiocarbonyl (C=S) groups is 1. The first kappa shape index (κ1) is 18.8. The Bertz CT molecular complexity index is 1070. The summed E-state index contributed by atoms with van der Waals surface area (Å²) in [6.07, 6.45) is 0. The minimum absolute atomic E-state index is 0.374. The van der Waals surface area contributed by atoms with Gasteiger partial charge in [0.1, 0.15) is 23.9 Å². The Morgan fingerprint density at radius 3 is 2.14 bits per heavy atom. The molecule has 0 amide bonds. The van der Waals surface area contributed by atoms with Gasteiger partial charge >= 0.3 is 0 Å². The summed E-state index contributed by atoms with van der Waals surface area (Å²) in [7, 11) is 1.64. The maximum atomic E-state index is 5.82. The van der Waals surface area contributed by atoms with Gasteiger partial charge in [-0.15, -0.1) is 0 Å². The van der Waals surface area contributed by atoms with Gasteiger partial charge in [-0.3, -0.25) is 0 Å². The van der Waals surface area contributed by atoms with Crippen LogP contribution in [0.3, 0.4) is 0 Å². The number of nitrogens with zero attached hydrogens (tertiary/aromatic N) is 1. The number of hydrogen-bond donors (Lipinski definition) is 3.